The predicted octanol–water partition coefficient (Wildman–Crippen LogP) is 21.9. The fraction of sp³-hybridized carbons (Fsp3) is 0. The standard InChI is InChI=1S/C40H28N2.C24H17BrN2.C16H13N/c1-2-11-34(12-3-1)42-39-16-7-6-14-37(39)38-27-31(21-26-40(38)42)28-17-22-32(23-18-28)41-33-24-19-30(20-25-33)36-15-8-10-29-9-4-5-13-35(29)36;25-18-8-5-16(6-9-18)17-7-14-24-22(15-17)21-3-1-2-4-23(21)27(24)20-12-10-19(26)11-13-20;17-14-10-8-13(9-11-14)16-7-3-5-12-4-1-2-6-15(12)16/h1-27,41H;1-15H,26H2;1-11H,17H2. The van der Waals surface area contributed by atoms with Gasteiger partial charge in [0.25, 0.3) is 0 Å². The smallest absolute Gasteiger partial charge is 0.0541 e. The highest BCUT2D eigenvalue weighted by Gasteiger charge is 2.15. The second kappa shape index (κ2) is 23.4. The molecule has 0 atom stereocenters. The molecule has 410 valence electrons. The van der Waals surface area contributed by atoms with Crippen LogP contribution in [0.3, 0.4) is 0 Å². The summed E-state index contributed by atoms with van der Waals surface area (Å²) >= 11 is 3.51. The van der Waals surface area contributed by atoms with Crippen molar-refractivity contribution in [3.05, 3.63) is 326 Å². The molecule has 0 saturated carbocycles. The summed E-state index contributed by atoms with van der Waals surface area (Å²) in [5.41, 5.74) is 32.2. The number of fused-ring (bicyclic) bond motifs is 8. The highest BCUT2D eigenvalue weighted by Crippen LogP contribution is 2.38. The fourth-order valence-electron chi connectivity index (χ4n) is 12.0. The first-order valence-electron chi connectivity index (χ1n) is 28.9. The van der Waals surface area contributed by atoms with Crippen molar-refractivity contribution in [3.8, 4) is 55.9 Å². The van der Waals surface area contributed by atoms with Gasteiger partial charge in [-0.05, 0) is 187 Å². The van der Waals surface area contributed by atoms with Crippen LogP contribution in [-0.2, 0) is 0 Å². The van der Waals surface area contributed by atoms with Crippen molar-refractivity contribution in [2.75, 3.05) is 16.8 Å². The van der Waals surface area contributed by atoms with Crippen molar-refractivity contribution in [3.63, 3.8) is 0 Å². The minimum absolute atomic E-state index is 0.775. The molecule has 16 rings (SSSR count). The maximum atomic E-state index is 5.89. The maximum Gasteiger partial charge on any atom is 0.0541 e. The third-order valence-electron chi connectivity index (χ3n) is 16.2. The van der Waals surface area contributed by atoms with Crippen LogP contribution in [0.15, 0.2) is 326 Å². The van der Waals surface area contributed by atoms with E-state index in [2.05, 4.69) is 328 Å². The molecule has 2 aromatic heterocycles. The number of nitrogens with zero attached hydrogens (tertiary/aromatic N) is 2. The molecular formula is C80H58BrN5. The number of benzene rings is 14. The molecule has 5 nitrogen and oxygen atoms in total. The minimum atomic E-state index is 0.775. The topological polar surface area (TPSA) is 73.9 Å². The normalized spacial score (nSPS) is 11.2. The van der Waals surface area contributed by atoms with Crippen LogP contribution in [-0.4, -0.2) is 9.13 Å². The molecule has 0 amide bonds. The molecule has 0 unspecified atom stereocenters. The Bertz CT molecular complexity index is 5060. The first-order chi connectivity index (χ1) is 42.4. The van der Waals surface area contributed by atoms with E-state index >= 15 is 0 Å². The van der Waals surface area contributed by atoms with Crippen LogP contribution < -0.4 is 16.8 Å². The summed E-state index contributed by atoms with van der Waals surface area (Å²) in [6.07, 6.45) is 0. The largest absolute Gasteiger partial charge is 0.399 e. The number of hydrogen-bond donors (Lipinski definition) is 3. The van der Waals surface area contributed by atoms with E-state index in [4.69, 9.17) is 11.5 Å². The van der Waals surface area contributed by atoms with Gasteiger partial charge in [-0.1, -0.05) is 216 Å². The van der Waals surface area contributed by atoms with Gasteiger partial charge in [-0.25, -0.2) is 0 Å². The summed E-state index contributed by atoms with van der Waals surface area (Å²) in [5.74, 6) is 0. The predicted molar refractivity (Wildman–Crippen MR) is 371 cm³/mol. The quantitative estimate of drug-likeness (QED) is 0.133. The van der Waals surface area contributed by atoms with Gasteiger partial charge in [0.05, 0.1) is 22.1 Å². The Morgan fingerprint density at radius 2 is 0.605 bits per heavy atom. The van der Waals surface area contributed by atoms with Crippen LogP contribution in [0.4, 0.5) is 22.7 Å². The summed E-state index contributed by atoms with van der Waals surface area (Å²) in [4.78, 5) is 0. The average molecular weight is 1170 g/mol. The number of anilines is 4. The molecule has 0 saturated heterocycles. The van der Waals surface area contributed by atoms with Crippen molar-refractivity contribution in [2.45, 2.75) is 0 Å². The van der Waals surface area contributed by atoms with Crippen molar-refractivity contribution >= 4 is 104 Å². The van der Waals surface area contributed by atoms with Crippen LogP contribution in [0.25, 0.3) is 121 Å². The van der Waals surface area contributed by atoms with Crippen molar-refractivity contribution < 1.29 is 0 Å². The molecule has 0 aliphatic carbocycles. The highest BCUT2D eigenvalue weighted by atomic mass is 79.9. The van der Waals surface area contributed by atoms with E-state index in [1.807, 2.05) is 24.3 Å². The fourth-order valence-corrected chi connectivity index (χ4v) is 12.2. The highest BCUT2D eigenvalue weighted by molar-refractivity contribution is 9.10. The van der Waals surface area contributed by atoms with Gasteiger partial charge in [-0.15, -0.1) is 0 Å². The summed E-state index contributed by atoms with van der Waals surface area (Å²) in [5, 5.41) is 13.7. The molecule has 0 aliphatic heterocycles. The SMILES string of the molecule is Nc1ccc(-c2cccc3ccccc23)cc1.Nc1ccc(-n2c3ccccc3c3cc(-c4ccc(Br)cc4)ccc32)cc1.c1ccc(-n2c3ccccc3c3cc(-c4ccc(Nc5ccc(-c6cccc7ccccc67)cc5)cc4)ccc32)cc1. The molecule has 0 fully saturated rings. The maximum absolute atomic E-state index is 5.89. The Hall–Kier alpha value is -10.9. The monoisotopic (exact) mass is 1170 g/mol. The lowest BCUT2D eigenvalue weighted by atomic mass is 9.98. The van der Waals surface area contributed by atoms with Crippen LogP contribution in [0.1, 0.15) is 0 Å². The zero-order valence-corrected chi connectivity index (χ0v) is 48.6. The van der Waals surface area contributed by atoms with Gasteiger partial charge in [0.15, 0.2) is 0 Å². The zero-order valence-electron chi connectivity index (χ0n) is 47.0. The third kappa shape index (κ3) is 10.6. The first-order valence-corrected chi connectivity index (χ1v) is 29.7. The summed E-state index contributed by atoms with van der Waals surface area (Å²) in [7, 11) is 0. The van der Waals surface area contributed by atoms with E-state index in [9.17, 15) is 0 Å². The molecule has 86 heavy (non-hydrogen) atoms. The van der Waals surface area contributed by atoms with Gasteiger partial charge >= 0.3 is 0 Å². The van der Waals surface area contributed by atoms with Crippen LogP contribution in [0, 0.1) is 0 Å². The summed E-state index contributed by atoms with van der Waals surface area (Å²) in [6, 6.07) is 113. The van der Waals surface area contributed by atoms with E-state index in [-0.39, 0.29) is 0 Å². The van der Waals surface area contributed by atoms with E-state index in [0.29, 0.717) is 0 Å². The van der Waals surface area contributed by atoms with Crippen LogP contribution in [0.2, 0.25) is 0 Å². The number of nitrogens with two attached hydrogens (primary N) is 2. The molecule has 14 aromatic carbocycles. The molecule has 0 aliphatic rings. The van der Waals surface area contributed by atoms with E-state index in [0.717, 1.165) is 32.9 Å². The van der Waals surface area contributed by atoms with Gasteiger partial charge in [0.2, 0.25) is 0 Å². The number of aromatic nitrogens is 2. The van der Waals surface area contributed by atoms with Crippen LogP contribution in [0.5, 0.6) is 0 Å². The van der Waals surface area contributed by atoms with Gasteiger partial charge in [0, 0.05) is 60.1 Å². The average Bonchev–Trinajstić information content (AvgIpc) is 2.13. The number of halogens is 1. The van der Waals surface area contributed by atoms with Crippen molar-refractivity contribution in [1.82, 2.24) is 9.13 Å². The number of para-hydroxylation sites is 3. The van der Waals surface area contributed by atoms with Gasteiger partial charge in [-0.3, -0.25) is 0 Å². The lowest BCUT2D eigenvalue weighted by Gasteiger charge is -2.11. The molecule has 0 spiro atoms. The summed E-state index contributed by atoms with van der Waals surface area (Å²) < 4.78 is 5.75. The van der Waals surface area contributed by atoms with Gasteiger partial charge < -0.3 is 25.9 Å². The lowest BCUT2D eigenvalue weighted by molar-refractivity contribution is 1.18. The molecular weight excluding hydrogens is 1110 g/mol. The second-order valence-corrected chi connectivity index (χ2v) is 22.5. The second-order valence-electron chi connectivity index (χ2n) is 21.6. The Balaban J connectivity index is 0.000000126. The Kier molecular flexibility index (Phi) is 14.4. The number of nitrogens with one attached hydrogen (secondary N) is 1. The summed E-state index contributed by atoms with van der Waals surface area (Å²) in [6.45, 7) is 0. The van der Waals surface area contributed by atoms with E-state index in [1.165, 1.54) is 115 Å². The molecule has 6 heteroatoms. The number of rotatable bonds is 8. The van der Waals surface area contributed by atoms with Crippen molar-refractivity contribution in [1.29, 1.82) is 0 Å². The molecule has 5 N–H and O–H groups in total. The number of nitrogen functional groups attached to an aromatic ring is 2. The van der Waals surface area contributed by atoms with Crippen molar-refractivity contribution in [2.24, 2.45) is 0 Å². The molecule has 0 radical (unpaired) electrons. The Morgan fingerprint density at radius 3 is 1.09 bits per heavy atom. The number of hydrogen-bond acceptors (Lipinski definition) is 3. The van der Waals surface area contributed by atoms with E-state index < -0.39 is 0 Å². The third-order valence-corrected chi connectivity index (χ3v) is 16.7. The van der Waals surface area contributed by atoms with E-state index in [1.54, 1.807) is 0 Å². The molecule has 0 bridgehead atoms. The van der Waals surface area contributed by atoms with Gasteiger partial charge in [0.1, 0.15) is 0 Å². The lowest BCUT2D eigenvalue weighted by Crippen LogP contribution is -1.94. The Labute approximate surface area is 508 Å². The minimum Gasteiger partial charge on any atom is -0.399 e. The first kappa shape index (κ1) is 53.1. The zero-order chi connectivity index (χ0) is 57.9. The van der Waals surface area contributed by atoms with Crippen LogP contribution >= 0.6 is 15.9 Å². The molecule has 2 heterocycles. The molecule has 16 aromatic rings. The van der Waals surface area contributed by atoms with Gasteiger partial charge in [-0.2, -0.15) is 0 Å². The Morgan fingerprint density at radius 1 is 0.256 bits per heavy atom.